The molecule has 8 nitrogen and oxygen atoms in total. The van der Waals surface area contributed by atoms with E-state index in [2.05, 4.69) is 92.1 Å². The van der Waals surface area contributed by atoms with Crippen LogP contribution in [0, 0.1) is 0 Å². The summed E-state index contributed by atoms with van der Waals surface area (Å²) in [6.07, 6.45) is 84.5. The maximum Gasteiger partial charge on any atom is 0.472 e. The van der Waals surface area contributed by atoms with E-state index in [1.807, 2.05) is 27.2 Å². The molecule has 78 heavy (non-hydrogen) atoms. The van der Waals surface area contributed by atoms with Crippen molar-refractivity contribution < 1.29 is 32.9 Å². The Morgan fingerprint density at radius 3 is 1.18 bits per heavy atom. The van der Waals surface area contributed by atoms with Crippen molar-refractivity contribution in [2.24, 2.45) is 0 Å². The van der Waals surface area contributed by atoms with Gasteiger partial charge in [-0.1, -0.05) is 292 Å². The number of amides is 1. The summed E-state index contributed by atoms with van der Waals surface area (Å²) < 4.78 is 23.7. The Kier molecular flexibility index (Phi) is 57.5. The minimum atomic E-state index is -4.36. The van der Waals surface area contributed by atoms with Gasteiger partial charge in [0.1, 0.15) is 13.2 Å². The second kappa shape index (κ2) is 59.3. The van der Waals surface area contributed by atoms with Gasteiger partial charge >= 0.3 is 7.82 Å². The summed E-state index contributed by atoms with van der Waals surface area (Å²) in [7, 11) is 1.55. The Bertz CT molecular complexity index is 1550. The van der Waals surface area contributed by atoms with Crippen molar-refractivity contribution in [3.63, 3.8) is 0 Å². The van der Waals surface area contributed by atoms with Crippen molar-refractivity contribution in [3.8, 4) is 0 Å². The molecule has 0 saturated carbocycles. The quantitative estimate of drug-likeness (QED) is 0.0243. The van der Waals surface area contributed by atoms with E-state index in [1.165, 1.54) is 205 Å². The molecule has 0 aliphatic rings. The number of allylic oxidation sites excluding steroid dienone is 13. The van der Waals surface area contributed by atoms with Gasteiger partial charge in [-0.25, -0.2) is 4.57 Å². The SMILES string of the molecule is CC/C=C\C/C=C\C/C=C\C/C=C\CCCCCCCCCCCCCCCCCCCCCCCCCCCCC(=O)NC(COP(=O)(O)OCC[N+](C)(C)C)C(O)/C=C/CC/C=C/CC/C=C/CCCCCCCCC. The van der Waals surface area contributed by atoms with Gasteiger partial charge < -0.3 is 19.8 Å². The highest BCUT2D eigenvalue weighted by molar-refractivity contribution is 7.47. The number of quaternary nitrogens is 1. The lowest BCUT2D eigenvalue weighted by atomic mass is 10.0. The average molecular weight is 1110 g/mol. The number of aliphatic hydroxyl groups excluding tert-OH is 1. The minimum absolute atomic E-state index is 0.0529. The maximum atomic E-state index is 13.0. The van der Waals surface area contributed by atoms with Crippen molar-refractivity contribution in [2.75, 3.05) is 40.9 Å². The van der Waals surface area contributed by atoms with Gasteiger partial charge in [0.15, 0.2) is 0 Å². The van der Waals surface area contributed by atoms with Gasteiger partial charge in [0.05, 0.1) is 39.9 Å². The first-order valence-corrected chi connectivity index (χ1v) is 34.5. The number of phosphoric ester groups is 1. The Morgan fingerprint density at radius 2 is 0.782 bits per heavy atom. The molecular formula is C69H128N2O6P+. The molecule has 9 heteroatoms. The molecule has 0 saturated heterocycles. The van der Waals surface area contributed by atoms with E-state index in [1.54, 1.807) is 6.08 Å². The third kappa shape index (κ3) is 61.3. The Balaban J connectivity index is 3.97. The van der Waals surface area contributed by atoms with Gasteiger partial charge in [-0.05, 0) is 83.5 Å². The van der Waals surface area contributed by atoms with Crippen LogP contribution >= 0.6 is 7.82 Å². The molecule has 0 aliphatic carbocycles. The van der Waals surface area contributed by atoms with Crippen molar-refractivity contribution in [1.29, 1.82) is 0 Å². The Morgan fingerprint density at radius 1 is 0.449 bits per heavy atom. The van der Waals surface area contributed by atoms with Gasteiger partial charge in [0, 0.05) is 6.42 Å². The predicted octanol–water partition coefficient (Wildman–Crippen LogP) is 20.8. The summed E-state index contributed by atoms with van der Waals surface area (Å²) in [5.74, 6) is -0.188. The first kappa shape index (κ1) is 75.7. The molecule has 0 rings (SSSR count). The smallest absolute Gasteiger partial charge is 0.387 e. The van der Waals surface area contributed by atoms with Crippen LogP contribution in [-0.4, -0.2) is 73.4 Å². The Labute approximate surface area is 484 Å². The number of unbranched alkanes of at least 4 members (excludes halogenated alkanes) is 35. The summed E-state index contributed by atoms with van der Waals surface area (Å²) in [5, 5.41) is 13.9. The fourth-order valence-electron chi connectivity index (χ4n) is 9.48. The van der Waals surface area contributed by atoms with Crippen LogP contribution in [-0.2, 0) is 18.4 Å². The van der Waals surface area contributed by atoms with E-state index in [0.29, 0.717) is 17.4 Å². The molecular weight excluding hydrogens is 984 g/mol. The molecule has 0 radical (unpaired) electrons. The van der Waals surface area contributed by atoms with Crippen LogP contribution in [0.3, 0.4) is 0 Å². The molecule has 0 heterocycles. The number of hydrogen-bond acceptors (Lipinski definition) is 5. The fraction of sp³-hybridized carbons (Fsp3) is 0.783. The van der Waals surface area contributed by atoms with E-state index in [0.717, 1.165) is 70.6 Å². The van der Waals surface area contributed by atoms with Crippen LogP contribution in [0.5, 0.6) is 0 Å². The lowest BCUT2D eigenvalue weighted by Crippen LogP contribution is -2.45. The summed E-state index contributed by atoms with van der Waals surface area (Å²) in [6, 6.07) is -0.871. The molecule has 3 atom stereocenters. The summed E-state index contributed by atoms with van der Waals surface area (Å²) in [4.78, 5) is 23.3. The largest absolute Gasteiger partial charge is 0.472 e. The maximum absolute atomic E-state index is 13.0. The van der Waals surface area contributed by atoms with E-state index < -0.39 is 20.0 Å². The Hall–Kier alpha value is -2.32. The van der Waals surface area contributed by atoms with Gasteiger partial charge in [-0.15, -0.1) is 0 Å². The lowest BCUT2D eigenvalue weighted by molar-refractivity contribution is -0.870. The van der Waals surface area contributed by atoms with Crippen molar-refractivity contribution in [2.45, 2.75) is 309 Å². The highest BCUT2D eigenvalue weighted by Crippen LogP contribution is 2.43. The molecule has 0 aromatic carbocycles. The molecule has 3 unspecified atom stereocenters. The first-order chi connectivity index (χ1) is 38.0. The summed E-state index contributed by atoms with van der Waals surface area (Å²) in [5.41, 5.74) is 0. The third-order valence-corrected chi connectivity index (χ3v) is 15.6. The van der Waals surface area contributed by atoms with Crippen LogP contribution < -0.4 is 5.32 Å². The fourth-order valence-corrected chi connectivity index (χ4v) is 10.2. The molecule has 0 fully saturated rings. The van der Waals surface area contributed by atoms with E-state index in [-0.39, 0.29) is 19.1 Å². The molecule has 0 spiro atoms. The van der Waals surface area contributed by atoms with Crippen molar-refractivity contribution >= 4 is 13.7 Å². The van der Waals surface area contributed by atoms with Crippen molar-refractivity contribution in [3.05, 3.63) is 85.1 Å². The molecule has 0 aliphatic heterocycles. The van der Waals surface area contributed by atoms with E-state index >= 15 is 0 Å². The first-order valence-electron chi connectivity index (χ1n) is 33.0. The zero-order chi connectivity index (χ0) is 57.0. The molecule has 1 amide bonds. The molecule has 0 aromatic rings. The number of hydrogen-bond donors (Lipinski definition) is 3. The number of carbonyl (C=O) groups excluding carboxylic acids is 1. The van der Waals surface area contributed by atoms with Gasteiger partial charge in [-0.2, -0.15) is 0 Å². The van der Waals surface area contributed by atoms with E-state index in [4.69, 9.17) is 9.05 Å². The number of likely N-dealkylation sites (N-methyl/N-ethyl adjacent to an activating group) is 1. The van der Waals surface area contributed by atoms with Crippen LogP contribution in [0.2, 0.25) is 0 Å². The molecule has 0 bridgehead atoms. The molecule has 454 valence electrons. The highest BCUT2D eigenvalue weighted by atomic mass is 31.2. The topological polar surface area (TPSA) is 105 Å². The normalized spacial score (nSPS) is 14.3. The molecule has 3 N–H and O–H groups in total. The summed E-state index contributed by atoms with van der Waals surface area (Å²) >= 11 is 0. The highest BCUT2D eigenvalue weighted by Gasteiger charge is 2.27. The van der Waals surface area contributed by atoms with Gasteiger partial charge in [0.25, 0.3) is 0 Å². The van der Waals surface area contributed by atoms with Crippen LogP contribution in [0.25, 0.3) is 0 Å². The minimum Gasteiger partial charge on any atom is -0.387 e. The summed E-state index contributed by atoms with van der Waals surface area (Å²) in [6.45, 7) is 4.69. The lowest BCUT2D eigenvalue weighted by Gasteiger charge is -2.25. The van der Waals surface area contributed by atoms with Crippen LogP contribution in [0.1, 0.15) is 296 Å². The van der Waals surface area contributed by atoms with E-state index in [9.17, 15) is 19.4 Å². The van der Waals surface area contributed by atoms with Gasteiger partial charge in [0.2, 0.25) is 5.91 Å². The third-order valence-electron chi connectivity index (χ3n) is 14.6. The monoisotopic (exact) mass is 1110 g/mol. The molecule has 0 aromatic heterocycles. The number of carbonyl (C=O) groups is 1. The number of nitrogens with one attached hydrogen (secondary N) is 1. The zero-order valence-electron chi connectivity index (χ0n) is 51.9. The second-order valence-corrected chi connectivity index (χ2v) is 24.9. The standard InChI is InChI=1S/C69H127N2O6P/c1-6-8-10-12-14-16-18-20-22-24-25-26-27-28-29-30-31-32-33-34-35-36-37-38-39-40-41-42-43-44-45-47-49-51-53-55-57-59-61-63-69(73)70-67(66-77-78(74,75)76-65-64-71(3,4)5)68(72)62-60-58-56-54-52-50-48-46-23-21-19-17-15-13-11-9-7-2/h8,10,14,16,20,22-23,25-26,46,52,54,60,62,67-68,72H,6-7,9,11-13,15,17-19,21,24,27-45,47-51,53,55-59,61,63-66H2,1-5H3,(H-,70,73,74,75)/p+1/b10-8-,16-14-,22-20-,26-25-,46-23+,54-52+,62-60+. The average Bonchev–Trinajstić information content (AvgIpc) is 3.40. The number of phosphoric acid groups is 1. The van der Waals surface area contributed by atoms with Crippen molar-refractivity contribution in [1.82, 2.24) is 5.32 Å². The predicted molar refractivity (Wildman–Crippen MR) is 341 cm³/mol. The van der Waals surface area contributed by atoms with Gasteiger partial charge in [-0.3, -0.25) is 13.8 Å². The van der Waals surface area contributed by atoms with Crippen LogP contribution in [0.4, 0.5) is 0 Å². The number of aliphatic hydroxyl groups is 1. The number of rotatable bonds is 60. The second-order valence-electron chi connectivity index (χ2n) is 23.4. The number of nitrogens with zero attached hydrogens (tertiary/aromatic N) is 1. The zero-order valence-corrected chi connectivity index (χ0v) is 52.8. The van der Waals surface area contributed by atoms with Crippen LogP contribution in [0.15, 0.2) is 85.1 Å².